The van der Waals surface area contributed by atoms with Gasteiger partial charge in [-0.2, -0.15) is 0 Å². The highest BCUT2D eigenvalue weighted by Gasteiger charge is 2.68. The van der Waals surface area contributed by atoms with E-state index in [2.05, 4.69) is 25.2 Å². The van der Waals surface area contributed by atoms with Gasteiger partial charge in [0.15, 0.2) is 17.2 Å². The van der Waals surface area contributed by atoms with Gasteiger partial charge in [0.2, 0.25) is 0 Å². The molecule has 0 unspecified atom stereocenters. The normalized spacial score (nSPS) is 40.6. The van der Waals surface area contributed by atoms with E-state index in [0.717, 1.165) is 32.1 Å². The zero-order valence-electron chi connectivity index (χ0n) is 20.5. The number of nitrogens with one attached hydrogen (secondary N) is 1. The average Bonchev–Trinajstić information content (AvgIpc) is 2.99. The Hall–Kier alpha value is -1.91. The summed E-state index contributed by atoms with van der Waals surface area (Å²) < 4.78 is 6.16. The molecule has 1 amide bonds. The van der Waals surface area contributed by atoms with Crippen LogP contribution in [0, 0.1) is 28.6 Å². The minimum Gasteiger partial charge on any atom is -0.434 e. The lowest BCUT2D eigenvalue weighted by atomic mass is 9.47. The molecule has 0 radical (unpaired) electrons. The van der Waals surface area contributed by atoms with Gasteiger partial charge in [-0.25, -0.2) is 4.79 Å². The summed E-state index contributed by atoms with van der Waals surface area (Å²) in [5.74, 6) is 1.41. The Morgan fingerprint density at radius 2 is 1.81 bits per heavy atom. The van der Waals surface area contributed by atoms with Crippen molar-refractivity contribution in [1.82, 2.24) is 5.32 Å². The van der Waals surface area contributed by atoms with Gasteiger partial charge in [0.05, 0.1) is 0 Å². The Morgan fingerprint density at radius 1 is 1.12 bits per heavy atom. The fraction of sp³-hybridized carbons (Fsp3) is 0.741. The summed E-state index contributed by atoms with van der Waals surface area (Å²) in [4.78, 5) is 38.3. The quantitative estimate of drug-likeness (QED) is 0.624. The molecule has 6 atom stereocenters. The molecule has 176 valence electrons. The molecule has 0 heterocycles. The smallest absolute Gasteiger partial charge is 0.408 e. The lowest BCUT2D eigenvalue weighted by molar-refractivity contribution is -0.161. The van der Waals surface area contributed by atoms with Crippen LogP contribution < -0.4 is 5.32 Å². The summed E-state index contributed by atoms with van der Waals surface area (Å²) in [6.07, 6.45) is 10.9. The van der Waals surface area contributed by atoms with E-state index in [4.69, 9.17) is 4.74 Å². The van der Waals surface area contributed by atoms with E-state index >= 15 is 0 Å². The van der Waals surface area contributed by atoms with Gasteiger partial charge in [-0.3, -0.25) is 9.59 Å². The number of alkyl carbamates (subject to hydrolysis) is 1. The van der Waals surface area contributed by atoms with Crippen LogP contribution in [-0.2, 0) is 14.3 Å². The maximum atomic E-state index is 13.4. The number of rotatable bonds is 3. The highest BCUT2D eigenvalue weighted by atomic mass is 16.6. The van der Waals surface area contributed by atoms with Crippen LogP contribution in [0.25, 0.3) is 0 Å². The highest BCUT2D eigenvalue weighted by Crippen LogP contribution is 2.68. The summed E-state index contributed by atoms with van der Waals surface area (Å²) in [7, 11) is 0. The van der Waals surface area contributed by atoms with Crippen LogP contribution in [0.3, 0.4) is 0 Å². The molecule has 4 rings (SSSR count). The van der Waals surface area contributed by atoms with Crippen LogP contribution >= 0.6 is 0 Å². The van der Waals surface area contributed by atoms with Crippen molar-refractivity contribution in [1.29, 1.82) is 0 Å². The first kappa shape index (κ1) is 23.3. The number of hydrogen-bond acceptors (Lipinski definition) is 4. The molecule has 0 saturated heterocycles. The Balaban J connectivity index is 1.67. The number of ketones is 2. The van der Waals surface area contributed by atoms with Crippen molar-refractivity contribution in [3.05, 3.63) is 23.8 Å². The zero-order chi connectivity index (χ0) is 23.5. The molecule has 0 aromatic heterocycles. The molecular formula is C27H39NO4. The third-order valence-electron chi connectivity index (χ3n) is 9.19. The van der Waals surface area contributed by atoms with Gasteiger partial charge >= 0.3 is 6.09 Å². The minimum atomic E-state index is -1.05. The Labute approximate surface area is 192 Å². The molecule has 5 heteroatoms. The molecule has 0 bridgehead atoms. The van der Waals surface area contributed by atoms with E-state index < -0.39 is 17.2 Å². The van der Waals surface area contributed by atoms with E-state index in [1.807, 2.05) is 33.8 Å². The predicted molar refractivity (Wildman–Crippen MR) is 124 cm³/mol. The van der Waals surface area contributed by atoms with Crippen LogP contribution in [0.5, 0.6) is 0 Å². The van der Waals surface area contributed by atoms with Crippen molar-refractivity contribution in [2.24, 2.45) is 28.6 Å². The summed E-state index contributed by atoms with van der Waals surface area (Å²) in [5.41, 5.74) is -0.646. The second kappa shape index (κ2) is 7.56. The van der Waals surface area contributed by atoms with Gasteiger partial charge in [0.25, 0.3) is 0 Å². The van der Waals surface area contributed by atoms with Gasteiger partial charge in [-0.15, -0.1) is 0 Å². The number of fused-ring (bicyclic) bond motifs is 5. The molecule has 0 aromatic rings. The largest absolute Gasteiger partial charge is 0.434 e. The third-order valence-corrected chi connectivity index (χ3v) is 9.19. The molecule has 4 aliphatic carbocycles. The highest BCUT2D eigenvalue weighted by molar-refractivity contribution is 6.01. The average molecular weight is 442 g/mol. The minimum absolute atomic E-state index is 0.0516. The van der Waals surface area contributed by atoms with Crippen LogP contribution in [0.15, 0.2) is 23.8 Å². The van der Waals surface area contributed by atoms with Crippen LogP contribution in [-0.4, -0.2) is 28.8 Å². The summed E-state index contributed by atoms with van der Waals surface area (Å²) in [5, 5.41) is 2.90. The second-order valence-corrected chi connectivity index (χ2v) is 12.0. The first-order chi connectivity index (χ1) is 14.9. The van der Waals surface area contributed by atoms with Crippen molar-refractivity contribution in [2.75, 3.05) is 0 Å². The van der Waals surface area contributed by atoms with E-state index in [-0.39, 0.29) is 22.4 Å². The van der Waals surface area contributed by atoms with E-state index in [0.29, 0.717) is 30.6 Å². The van der Waals surface area contributed by atoms with Crippen molar-refractivity contribution < 1.29 is 19.1 Å². The lowest BCUT2D eigenvalue weighted by Gasteiger charge is -2.58. The number of amides is 1. The molecule has 1 N–H and O–H groups in total. The monoisotopic (exact) mass is 441 g/mol. The van der Waals surface area contributed by atoms with Crippen molar-refractivity contribution >= 4 is 17.7 Å². The molecular weight excluding hydrogens is 402 g/mol. The number of hydrogen-bond donors (Lipinski definition) is 1. The summed E-state index contributed by atoms with van der Waals surface area (Å²) in [6.45, 7) is 12.1. The Kier molecular flexibility index (Phi) is 5.50. The fourth-order valence-electron chi connectivity index (χ4n) is 7.65. The van der Waals surface area contributed by atoms with Gasteiger partial charge in [0, 0.05) is 22.8 Å². The van der Waals surface area contributed by atoms with Gasteiger partial charge in [-0.1, -0.05) is 32.4 Å². The summed E-state index contributed by atoms with van der Waals surface area (Å²) in [6, 6.07) is 0. The number of carbonyl (C=O) groups is 3. The fourth-order valence-corrected chi connectivity index (χ4v) is 7.65. The van der Waals surface area contributed by atoms with Crippen molar-refractivity contribution in [3.63, 3.8) is 0 Å². The molecule has 0 aliphatic heterocycles. The second-order valence-electron chi connectivity index (χ2n) is 12.0. The number of ether oxygens (including phenoxy) is 1. The third kappa shape index (κ3) is 3.38. The number of carbonyl (C=O) groups excluding carboxylic acids is 3. The first-order valence-corrected chi connectivity index (χ1v) is 12.3. The molecule has 32 heavy (non-hydrogen) atoms. The molecule has 3 fully saturated rings. The molecule has 0 spiro atoms. The number of Topliss-reactive ketones (excluding diaryl/α,β-unsaturated/α-hetero) is 1. The van der Waals surface area contributed by atoms with Gasteiger partial charge < -0.3 is 10.1 Å². The molecule has 5 nitrogen and oxygen atoms in total. The first-order valence-electron chi connectivity index (χ1n) is 12.3. The molecule has 3 saturated carbocycles. The van der Waals surface area contributed by atoms with E-state index in [1.165, 1.54) is 5.57 Å². The SMILES string of the molecule is CCC(=O)[C@@]1(OC(=O)NC(C)(C)C)CC[C@H]2[C@@H]3CCC4=CC(=O)C=C[C@]4(C)[C@H]3CC[C@@]21C. The van der Waals surface area contributed by atoms with Crippen LogP contribution in [0.1, 0.15) is 86.5 Å². The van der Waals surface area contributed by atoms with Gasteiger partial charge in [-0.05, 0) is 89.2 Å². The van der Waals surface area contributed by atoms with Crippen LogP contribution in [0.4, 0.5) is 4.79 Å². The van der Waals surface area contributed by atoms with Gasteiger partial charge in [0.1, 0.15) is 0 Å². The van der Waals surface area contributed by atoms with Crippen molar-refractivity contribution in [2.45, 2.75) is 97.6 Å². The van der Waals surface area contributed by atoms with Crippen molar-refractivity contribution in [3.8, 4) is 0 Å². The zero-order valence-corrected chi connectivity index (χ0v) is 20.5. The van der Waals surface area contributed by atoms with E-state index in [1.54, 1.807) is 6.08 Å². The Morgan fingerprint density at radius 3 is 2.47 bits per heavy atom. The standard InChI is InChI=1S/C27H39NO4/c1-7-22(30)27(32-23(31)28-24(2,3)4)15-12-21-19-9-8-17-16-18(29)10-13-25(17,5)20(19)11-14-26(21,27)6/h10,13,16,19-21H,7-9,11-12,14-15H2,1-6H3,(H,28,31)/t19-,20+,21+,25+,26+,27+/m1/s1. The maximum Gasteiger partial charge on any atom is 0.408 e. The van der Waals surface area contributed by atoms with Crippen LogP contribution in [0.2, 0.25) is 0 Å². The van der Waals surface area contributed by atoms with E-state index in [9.17, 15) is 14.4 Å². The maximum absolute atomic E-state index is 13.4. The molecule has 0 aromatic carbocycles. The topological polar surface area (TPSA) is 72.5 Å². The Bertz CT molecular complexity index is 896. The molecule has 4 aliphatic rings. The summed E-state index contributed by atoms with van der Waals surface area (Å²) >= 11 is 0. The predicted octanol–water partition coefficient (Wildman–Crippen LogP) is 5.54. The lowest BCUT2D eigenvalue weighted by Crippen LogP contribution is -2.60. The number of allylic oxidation sites excluding steroid dienone is 4.